The van der Waals surface area contributed by atoms with E-state index in [9.17, 15) is 5.11 Å². The molecule has 0 bridgehead atoms. The molecule has 0 radical (unpaired) electrons. The molecular weight excluding hydrogens is 238 g/mol. The number of furan rings is 1. The van der Waals surface area contributed by atoms with Crippen LogP contribution in [-0.4, -0.2) is 17.8 Å². The normalized spacial score (nSPS) is 14.2. The zero-order valence-corrected chi connectivity index (χ0v) is 11.3. The first-order chi connectivity index (χ1) is 9.25. The number of hydrogen-bond donors (Lipinski definition) is 2. The van der Waals surface area contributed by atoms with Crippen molar-refractivity contribution in [2.45, 2.75) is 31.9 Å². The highest BCUT2D eigenvalue weighted by Gasteiger charge is 2.13. The monoisotopic (exact) mass is 259 g/mol. The van der Waals surface area contributed by atoms with Gasteiger partial charge in [0.25, 0.3) is 0 Å². The minimum atomic E-state index is -0.296. The largest absolute Gasteiger partial charge is 0.468 e. The molecule has 2 atom stereocenters. The fraction of sp³-hybridized carbons (Fsp3) is 0.375. The topological polar surface area (TPSA) is 45.4 Å². The summed E-state index contributed by atoms with van der Waals surface area (Å²) in [4.78, 5) is 0. The number of aliphatic hydroxyl groups excluding tert-OH is 1. The van der Waals surface area contributed by atoms with E-state index in [1.807, 2.05) is 37.3 Å². The van der Waals surface area contributed by atoms with Crippen molar-refractivity contribution in [2.75, 3.05) is 6.54 Å². The molecule has 0 saturated carbocycles. The summed E-state index contributed by atoms with van der Waals surface area (Å²) >= 11 is 0. The quantitative estimate of drug-likeness (QED) is 0.803. The molecule has 1 aromatic carbocycles. The highest BCUT2D eigenvalue weighted by Crippen LogP contribution is 2.20. The van der Waals surface area contributed by atoms with Gasteiger partial charge in [0, 0.05) is 6.54 Å². The molecule has 0 amide bonds. The van der Waals surface area contributed by atoms with Crippen LogP contribution in [0.25, 0.3) is 0 Å². The second-order valence-corrected chi connectivity index (χ2v) is 4.90. The van der Waals surface area contributed by atoms with Gasteiger partial charge in [-0.05, 0) is 37.0 Å². The van der Waals surface area contributed by atoms with E-state index in [0.717, 1.165) is 25.3 Å². The molecule has 0 saturated heterocycles. The Kier molecular flexibility index (Phi) is 5.19. The molecule has 0 aliphatic heterocycles. The van der Waals surface area contributed by atoms with E-state index in [4.69, 9.17) is 4.42 Å². The summed E-state index contributed by atoms with van der Waals surface area (Å²) < 4.78 is 5.29. The van der Waals surface area contributed by atoms with Gasteiger partial charge in [-0.1, -0.05) is 30.3 Å². The number of rotatable bonds is 7. The van der Waals surface area contributed by atoms with Gasteiger partial charge in [0.05, 0.1) is 18.9 Å². The highest BCUT2D eigenvalue weighted by atomic mass is 16.3. The summed E-state index contributed by atoms with van der Waals surface area (Å²) in [6.07, 6.45) is 2.15. The lowest BCUT2D eigenvalue weighted by atomic mass is 9.93. The number of nitrogens with one attached hydrogen (secondary N) is 1. The second kappa shape index (κ2) is 7.12. The molecule has 2 N–H and O–H groups in total. The van der Waals surface area contributed by atoms with Gasteiger partial charge in [-0.2, -0.15) is 0 Å². The van der Waals surface area contributed by atoms with Crippen molar-refractivity contribution in [3.8, 4) is 0 Å². The Bertz CT molecular complexity index is 451. The van der Waals surface area contributed by atoms with Crippen LogP contribution in [0.3, 0.4) is 0 Å². The molecule has 0 spiro atoms. The minimum Gasteiger partial charge on any atom is -0.468 e. The van der Waals surface area contributed by atoms with Crippen molar-refractivity contribution in [2.24, 2.45) is 0 Å². The van der Waals surface area contributed by atoms with Gasteiger partial charge >= 0.3 is 0 Å². The smallest absolute Gasteiger partial charge is 0.117 e. The van der Waals surface area contributed by atoms with Crippen LogP contribution in [0.5, 0.6) is 0 Å². The number of benzene rings is 1. The van der Waals surface area contributed by atoms with E-state index < -0.39 is 0 Å². The summed E-state index contributed by atoms with van der Waals surface area (Å²) in [5, 5.41) is 13.0. The molecule has 0 aliphatic rings. The Labute approximate surface area is 114 Å². The molecule has 0 fully saturated rings. The van der Waals surface area contributed by atoms with Crippen LogP contribution < -0.4 is 5.32 Å². The standard InChI is InChI=1S/C16H21NO2/c1-13(18)10-15(14-6-3-2-4-7-14)11-17-12-16-8-5-9-19-16/h2-9,13,15,17-18H,10-12H2,1H3. The summed E-state index contributed by atoms with van der Waals surface area (Å²) in [5.41, 5.74) is 1.26. The highest BCUT2D eigenvalue weighted by molar-refractivity contribution is 5.20. The van der Waals surface area contributed by atoms with Crippen LogP contribution >= 0.6 is 0 Å². The molecule has 19 heavy (non-hydrogen) atoms. The fourth-order valence-corrected chi connectivity index (χ4v) is 2.26. The third-order valence-corrected chi connectivity index (χ3v) is 3.17. The molecule has 1 heterocycles. The predicted molar refractivity (Wildman–Crippen MR) is 75.9 cm³/mol. The average Bonchev–Trinajstić information content (AvgIpc) is 2.91. The molecule has 2 unspecified atom stereocenters. The lowest BCUT2D eigenvalue weighted by Gasteiger charge is -2.19. The minimum absolute atomic E-state index is 0.296. The van der Waals surface area contributed by atoms with E-state index in [-0.39, 0.29) is 6.10 Å². The maximum absolute atomic E-state index is 9.62. The summed E-state index contributed by atoms with van der Waals surface area (Å²) in [6, 6.07) is 14.2. The lowest BCUT2D eigenvalue weighted by Crippen LogP contribution is -2.23. The van der Waals surface area contributed by atoms with E-state index in [1.165, 1.54) is 5.56 Å². The number of hydrogen-bond acceptors (Lipinski definition) is 3. The van der Waals surface area contributed by atoms with Crippen LogP contribution in [0, 0.1) is 0 Å². The zero-order valence-electron chi connectivity index (χ0n) is 11.3. The van der Waals surface area contributed by atoms with Gasteiger partial charge in [-0.15, -0.1) is 0 Å². The van der Waals surface area contributed by atoms with Gasteiger partial charge in [0.15, 0.2) is 0 Å². The Morgan fingerprint density at radius 1 is 1.16 bits per heavy atom. The van der Waals surface area contributed by atoms with Crippen molar-refractivity contribution in [3.05, 3.63) is 60.1 Å². The first kappa shape index (κ1) is 13.8. The zero-order chi connectivity index (χ0) is 13.5. The van der Waals surface area contributed by atoms with Crippen LogP contribution in [0.15, 0.2) is 53.1 Å². The molecule has 3 heteroatoms. The predicted octanol–water partition coefficient (Wildman–Crippen LogP) is 2.92. The molecule has 102 valence electrons. The fourth-order valence-electron chi connectivity index (χ4n) is 2.26. The first-order valence-corrected chi connectivity index (χ1v) is 6.72. The molecule has 1 aromatic heterocycles. The van der Waals surface area contributed by atoms with Gasteiger partial charge < -0.3 is 14.8 Å². The van der Waals surface area contributed by atoms with Crippen molar-refractivity contribution in [1.82, 2.24) is 5.32 Å². The van der Waals surface area contributed by atoms with E-state index in [1.54, 1.807) is 6.26 Å². The maximum Gasteiger partial charge on any atom is 0.117 e. The van der Waals surface area contributed by atoms with Crippen molar-refractivity contribution < 1.29 is 9.52 Å². The Balaban J connectivity index is 1.91. The van der Waals surface area contributed by atoms with Crippen molar-refractivity contribution in [1.29, 1.82) is 0 Å². The molecule has 2 aromatic rings. The Morgan fingerprint density at radius 2 is 1.95 bits per heavy atom. The lowest BCUT2D eigenvalue weighted by molar-refractivity contribution is 0.173. The Morgan fingerprint density at radius 3 is 2.58 bits per heavy atom. The van der Waals surface area contributed by atoms with E-state index >= 15 is 0 Å². The van der Waals surface area contributed by atoms with Crippen LogP contribution in [0.4, 0.5) is 0 Å². The van der Waals surface area contributed by atoms with E-state index in [0.29, 0.717) is 5.92 Å². The summed E-state index contributed by atoms with van der Waals surface area (Å²) in [6.45, 7) is 3.38. The van der Waals surface area contributed by atoms with Crippen LogP contribution in [-0.2, 0) is 6.54 Å². The van der Waals surface area contributed by atoms with Crippen LogP contribution in [0.1, 0.15) is 30.6 Å². The third kappa shape index (κ3) is 4.54. The average molecular weight is 259 g/mol. The van der Waals surface area contributed by atoms with Crippen molar-refractivity contribution >= 4 is 0 Å². The molecule has 0 aliphatic carbocycles. The third-order valence-electron chi connectivity index (χ3n) is 3.17. The molecule has 3 nitrogen and oxygen atoms in total. The van der Waals surface area contributed by atoms with Gasteiger partial charge in [-0.25, -0.2) is 0 Å². The molecular formula is C16H21NO2. The van der Waals surface area contributed by atoms with Gasteiger partial charge in [-0.3, -0.25) is 0 Å². The Hall–Kier alpha value is -1.58. The van der Waals surface area contributed by atoms with Gasteiger partial charge in [0.1, 0.15) is 5.76 Å². The summed E-state index contributed by atoms with van der Waals surface area (Å²) in [7, 11) is 0. The first-order valence-electron chi connectivity index (χ1n) is 6.72. The SMILES string of the molecule is CC(O)CC(CNCc1ccco1)c1ccccc1. The van der Waals surface area contributed by atoms with Crippen molar-refractivity contribution in [3.63, 3.8) is 0 Å². The second-order valence-electron chi connectivity index (χ2n) is 4.90. The maximum atomic E-state index is 9.62. The number of aliphatic hydroxyl groups is 1. The van der Waals surface area contributed by atoms with E-state index in [2.05, 4.69) is 17.4 Å². The van der Waals surface area contributed by atoms with Crippen LogP contribution in [0.2, 0.25) is 0 Å². The summed E-state index contributed by atoms with van der Waals surface area (Å²) in [5.74, 6) is 1.25. The molecule has 2 rings (SSSR count). The van der Waals surface area contributed by atoms with Gasteiger partial charge in [0.2, 0.25) is 0 Å².